The van der Waals surface area contributed by atoms with E-state index in [9.17, 15) is 4.79 Å². The zero-order chi connectivity index (χ0) is 14.9. The number of carboxylic acids is 1. The summed E-state index contributed by atoms with van der Waals surface area (Å²) < 4.78 is 1.78. The second-order valence-corrected chi connectivity index (χ2v) is 4.99. The maximum Gasteiger partial charge on any atom is 0.336 e. The predicted octanol–water partition coefficient (Wildman–Crippen LogP) is 2.91. The molecule has 1 unspecified atom stereocenters. The Kier molecular flexibility index (Phi) is 3.79. The molecule has 0 aliphatic rings. The van der Waals surface area contributed by atoms with E-state index in [1.165, 1.54) is 0 Å². The molecule has 2 N–H and O–H groups in total. The molecule has 0 spiro atoms. The van der Waals surface area contributed by atoms with Gasteiger partial charge in [0.25, 0.3) is 0 Å². The van der Waals surface area contributed by atoms with Crippen molar-refractivity contribution in [1.82, 2.24) is 9.78 Å². The third-order valence-electron chi connectivity index (χ3n) is 3.45. The van der Waals surface area contributed by atoms with Crippen molar-refractivity contribution < 1.29 is 9.90 Å². The molecule has 5 heteroatoms. The highest BCUT2D eigenvalue weighted by molar-refractivity contribution is 5.91. The van der Waals surface area contributed by atoms with Gasteiger partial charge in [-0.15, -0.1) is 0 Å². The SMILES string of the molecule is Cc1nn(C)cc1C(C)Nc1cccc(C(=O)O)c1C. The molecule has 0 amide bonds. The molecule has 0 bridgehead atoms. The Balaban J connectivity index is 2.28. The first-order valence-corrected chi connectivity index (χ1v) is 6.49. The fraction of sp³-hybridized carbons (Fsp3) is 0.333. The Labute approximate surface area is 118 Å². The van der Waals surface area contributed by atoms with Crippen molar-refractivity contribution in [3.05, 3.63) is 46.8 Å². The van der Waals surface area contributed by atoms with Crippen LogP contribution in [0.4, 0.5) is 5.69 Å². The van der Waals surface area contributed by atoms with Crippen LogP contribution in [0.2, 0.25) is 0 Å². The molecule has 0 fully saturated rings. The minimum Gasteiger partial charge on any atom is -0.478 e. The smallest absolute Gasteiger partial charge is 0.336 e. The van der Waals surface area contributed by atoms with Crippen molar-refractivity contribution >= 4 is 11.7 Å². The summed E-state index contributed by atoms with van der Waals surface area (Å²) in [6, 6.07) is 5.32. The van der Waals surface area contributed by atoms with Crippen molar-refractivity contribution in [2.75, 3.05) is 5.32 Å². The lowest BCUT2D eigenvalue weighted by Gasteiger charge is -2.17. The first-order valence-electron chi connectivity index (χ1n) is 6.49. The number of nitrogens with zero attached hydrogens (tertiary/aromatic N) is 2. The zero-order valence-electron chi connectivity index (χ0n) is 12.1. The van der Waals surface area contributed by atoms with Crippen molar-refractivity contribution in [2.24, 2.45) is 7.05 Å². The summed E-state index contributed by atoms with van der Waals surface area (Å²) in [7, 11) is 1.89. The number of benzene rings is 1. The molecule has 1 atom stereocenters. The first-order chi connectivity index (χ1) is 9.40. The van der Waals surface area contributed by atoms with Crippen LogP contribution in [0.25, 0.3) is 0 Å². The van der Waals surface area contributed by atoms with Crippen molar-refractivity contribution in [3.63, 3.8) is 0 Å². The van der Waals surface area contributed by atoms with Gasteiger partial charge in [0.1, 0.15) is 0 Å². The van der Waals surface area contributed by atoms with E-state index in [0.29, 0.717) is 5.56 Å². The van der Waals surface area contributed by atoms with E-state index in [-0.39, 0.29) is 6.04 Å². The van der Waals surface area contributed by atoms with Gasteiger partial charge in [0.05, 0.1) is 17.3 Å². The average Bonchev–Trinajstić information content (AvgIpc) is 2.70. The Hall–Kier alpha value is -2.30. The molecule has 2 rings (SSSR count). The molecule has 20 heavy (non-hydrogen) atoms. The van der Waals surface area contributed by atoms with Gasteiger partial charge >= 0.3 is 5.97 Å². The zero-order valence-corrected chi connectivity index (χ0v) is 12.1. The van der Waals surface area contributed by atoms with Gasteiger partial charge in [0.2, 0.25) is 0 Å². The second-order valence-electron chi connectivity index (χ2n) is 4.99. The fourth-order valence-corrected chi connectivity index (χ4v) is 2.38. The molecule has 0 aliphatic heterocycles. The Bertz CT molecular complexity index is 647. The van der Waals surface area contributed by atoms with Crippen LogP contribution in [0.1, 0.15) is 40.1 Å². The number of hydrogen-bond acceptors (Lipinski definition) is 3. The fourth-order valence-electron chi connectivity index (χ4n) is 2.38. The number of carbonyl (C=O) groups is 1. The summed E-state index contributed by atoms with van der Waals surface area (Å²) in [5.74, 6) is -0.906. The second kappa shape index (κ2) is 5.36. The molecule has 0 radical (unpaired) electrons. The number of anilines is 1. The summed E-state index contributed by atoms with van der Waals surface area (Å²) in [4.78, 5) is 11.1. The minimum atomic E-state index is -0.906. The molecule has 0 saturated carbocycles. The predicted molar refractivity (Wildman–Crippen MR) is 78.1 cm³/mol. The Morgan fingerprint density at radius 3 is 2.65 bits per heavy atom. The third kappa shape index (κ3) is 2.66. The molecule has 1 aromatic carbocycles. The number of hydrogen-bond donors (Lipinski definition) is 2. The largest absolute Gasteiger partial charge is 0.478 e. The maximum atomic E-state index is 11.1. The first kappa shape index (κ1) is 14.1. The molecule has 0 aliphatic carbocycles. The van der Waals surface area contributed by atoms with Crippen molar-refractivity contribution in [1.29, 1.82) is 0 Å². The van der Waals surface area contributed by atoms with Gasteiger partial charge in [-0.3, -0.25) is 4.68 Å². The maximum absolute atomic E-state index is 11.1. The summed E-state index contributed by atoms with van der Waals surface area (Å²) in [5.41, 5.74) is 3.98. The van der Waals surface area contributed by atoms with Crippen molar-refractivity contribution in [3.8, 4) is 0 Å². The lowest BCUT2D eigenvalue weighted by Crippen LogP contribution is -2.10. The van der Waals surface area contributed by atoms with Crippen LogP contribution in [0.15, 0.2) is 24.4 Å². The van der Waals surface area contributed by atoms with E-state index < -0.39 is 5.97 Å². The van der Waals surface area contributed by atoms with Crippen LogP contribution in [0, 0.1) is 13.8 Å². The molecule has 1 heterocycles. The van der Waals surface area contributed by atoms with E-state index in [0.717, 1.165) is 22.5 Å². The number of aromatic nitrogens is 2. The average molecular weight is 273 g/mol. The van der Waals surface area contributed by atoms with Gasteiger partial charge in [0, 0.05) is 24.5 Å². The summed E-state index contributed by atoms with van der Waals surface area (Å²) in [6.45, 7) is 5.82. The number of aryl methyl sites for hydroxylation is 2. The number of aromatic carboxylic acids is 1. The normalized spacial score (nSPS) is 12.2. The van der Waals surface area contributed by atoms with Gasteiger partial charge in [-0.1, -0.05) is 6.07 Å². The van der Waals surface area contributed by atoms with E-state index in [1.807, 2.05) is 40.1 Å². The lowest BCUT2D eigenvalue weighted by atomic mass is 10.0. The molecule has 5 nitrogen and oxygen atoms in total. The van der Waals surface area contributed by atoms with Crippen LogP contribution in [-0.4, -0.2) is 20.9 Å². The quantitative estimate of drug-likeness (QED) is 0.898. The number of nitrogens with one attached hydrogen (secondary N) is 1. The molecule has 2 aromatic rings. The van der Waals surface area contributed by atoms with Crippen LogP contribution in [0.5, 0.6) is 0 Å². The van der Waals surface area contributed by atoms with Crippen LogP contribution in [0.3, 0.4) is 0 Å². The van der Waals surface area contributed by atoms with Gasteiger partial charge in [-0.2, -0.15) is 5.10 Å². The molecule has 1 aromatic heterocycles. The standard InChI is InChI=1S/C15H19N3O2/c1-9-12(15(19)20)6-5-7-14(9)16-10(2)13-8-18(4)17-11(13)3/h5-8,10,16H,1-4H3,(H,19,20). The van der Waals surface area contributed by atoms with E-state index >= 15 is 0 Å². The lowest BCUT2D eigenvalue weighted by molar-refractivity contribution is 0.0696. The molecular formula is C15H19N3O2. The van der Waals surface area contributed by atoms with Gasteiger partial charge in [0.15, 0.2) is 0 Å². The van der Waals surface area contributed by atoms with Gasteiger partial charge < -0.3 is 10.4 Å². The number of rotatable bonds is 4. The van der Waals surface area contributed by atoms with E-state index in [2.05, 4.69) is 10.4 Å². The van der Waals surface area contributed by atoms with E-state index in [4.69, 9.17) is 5.11 Å². The minimum absolute atomic E-state index is 0.0615. The summed E-state index contributed by atoms with van der Waals surface area (Å²) >= 11 is 0. The van der Waals surface area contributed by atoms with Gasteiger partial charge in [-0.25, -0.2) is 4.79 Å². The van der Waals surface area contributed by atoms with Crippen LogP contribution < -0.4 is 5.32 Å². The number of carboxylic acid groups (broad SMARTS) is 1. The summed E-state index contributed by atoms with van der Waals surface area (Å²) in [6.07, 6.45) is 1.98. The highest BCUT2D eigenvalue weighted by Crippen LogP contribution is 2.25. The third-order valence-corrected chi connectivity index (χ3v) is 3.45. The van der Waals surface area contributed by atoms with Crippen LogP contribution >= 0.6 is 0 Å². The molecule has 0 saturated heterocycles. The molecule has 106 valence electrons. The monoisotopic (exact) mass is 273 g/mol. The topological polar surface area (TPSA) is 67.2 Å². The van der Waals surface area contributed by atoms with Crippen LogP contribution in [-0.2, 0) is 7.05 Å². The van der Waals surface area contributed by atoms with Crippen molar-refractivity contribution in [2.45, 2.75) is 26.8 Å². The van der Waals surface area contributed by atoms with E-state index in [1.54, 1.807) is 16.8 Å². The Morgan fingerprint density at radius 1 is 1.40 bits per heavy atom. The highest BCUT2D eigenvalue weighted by atomic mass is 16.4. The Morgan fingerprint density at radius 2 is 2.10 bits per heavy atom. The van der Waals surface area contributed by atoms with Gasteiger partial charge in [-0.05, 0) is 38.5 Å². The summed E-state index contributed by atoms with van der Waals surface area (Å²) in [5, 5.41) is 16.8. The highest BCUT2D eigenvalue weighted by Gasteiger charge is 2.15. The molecular weight excluding hydrogens is 254 g/mol.